The second kappa shape index (κ2) is 19.4. The summed E-state index contributed by atoms with van der Waals surface area (Å²) >= 11 is 12.8. The fourth-order valence-corrected chi connectivity index (χ4v) is 7.81. The number of rotatable bonds is 3. The molecule has 0 bridgehead atoms. The molecule has 0 amide bonds. The Morgan fingerprint density at radius 1 is 0.491 bits per heavy atom. The van der Waals surface area contributed by atoms with Crippen molar-refractivity contribution in [2.75, 3.05) is 60.5 Å². The van der Waals surface area contributed by atoms with Crippen LogP contribution in [0.25, 0.3) is 11.4 Å². The SMILES string of the molecule is Brc1cnc(Br)cn1.Brc1cnc(N2CC3CC3C2)cn1.C1NCC2CC12.Cl.Nc1cccc(-c2cnc(N3CC4CC4C3)cn2)n1.Nc1cccc(Br)n1. The van der Waals surface area contributed by atoms with Gasteiger partial charge in [-0.25, -0.2) is 39.9 Å². The largest absolute Gasteiger partial charge is 0.384 e. The molecule has 6 unspecified atom stereocenters. The Kier molecular flexibility index (Phi) is 14.6. The van der Waals surface area contributed by atoms with E-state index in [1.807, 2.05) is 36.7 Å². The van der Waals surface area contributed by atoms with E-state index in [-0.39, 0.29) is 12.4 Å². The van der Waals surface area contributed by atoms with E-state index in [0.29, 0.717) is 11.6 Å². The fraction of sp³-hybridized carbons (Fsp3) is 0.405. The van der Waals surface area contributed by atoms with Gasteiger partial charge in [-0.05, 0) is 156 Å². The number of aromatic nitrogens is 8. The normalized spacial score (nSPS) is 23.9. The molecule has 18 heteroatoms. The zero-order valence-corrected chi connectivity index (χ0v) is 37.0. The maximum atomic E-state index is 5.68. The van der Waals surface area contributed by atoms with Gasteiger partial charge in [-0.15, -0.1) is 12.4 Å². The molecule has 0 spiro atoms. The molecule has 0 aromatic carbocycles. The van der Waals surface area contributed by atoms with Gasteiger partial charge in [-0.2, -0.15) is 0 Å². The van der Waals surface area contributed by atoms with Crippen molar-refractivity contribution in [1.29, 1.82) is 0 Å². The molecule has 8 heterocycles. The molecular weight excluding hydrogens is 982 g/mol. The maximum absolute atomic E-state index is 5.68. The number of hydrogen-bond acceptors (Lipinski definition) is 13. The predicted octanol–water partition coefficient (Wildman–Crippen LogP) is 7.35. The van der Waals surface area contributed by atoms with Crippen LogP contribution in [0.2, 0.25) is 0 Å². The van der Waals surface area contributed by atoms with Crippen LogP contribution in [-0.4, -0.2) is 79.1 Å². The number of halogens is 5. The van der Waals surface area contributed by atoms with Crippen LogP contribution in [0.1, 0.15) is 19.3 Å². The van der Waals surface area contributed by atoms with Gasteiger partial charge in [0.15, 0.2) is 0 Å². The van der Waals surface area contributed by atoms with E-state index in [0.717, 1.165) is 90.0 Å². The first kappa shape index (κ1) is 41.5. The van der Waals surface area contributed by atoms with Crippen molar-refractivity contribution in [3.63, 3.8) is 0 Å². The van der Waals surface area contributed by atoms with Crippen LogP contribution in [0.5, 0.6) is 0 Å². The third-order valence-electron chi connectivity index (χ3n) is 10.1. The molecule has 5 aromatic rings. The summed E-state index contributed by atoms with van der Waals surface area (Å²) in [5.41, 5.74) is 12.5. The molecule has 290 valence electrons. The Labute approximate surface area is 360 Å². The lowest BCUT2D eigenvalue weighted by Crippen LogP contribution is -2.22. The van der Waals surface area contributed by atoms with Gasteiger partial charge in [0, 0.05) is 26.2 Å². The summed E-state index contributed by atoms with van der Waals surface area (Å²) in [5.74, 6) is 8.94. The molecular formula is C37H42Br4ClN13. The summed E-state index contributed by atoms with van der Waals surface area (Å²) in [4.78, 5) is 38.0. The minimum absolute atomic E-state index is 0. The second-order valence-electron chi connectivity index (χ2n) is 14.2. The quantitative estimate of drug-likeness (QED) is 0.153. The minimum atomic E-state index is 0. The highest BCUT2D eigenvalue weighted by Gasteiger charge is 2.46. The predicted molar refractivity (Wildman–Crippen MR) is 233 cm³/mol. The van der Waals surface area contributed by atoms with E-state index in [1.54, 1.807) is 36.9 Å². The average molecular weight is 1020 g/mol. The van der Waals surface area contributed by atoms with Crippen LogP contribution in [0.4, 0.5) is 23.3 Å². The van der Waals surface area contributed by atoms with Crippen LogP contribution in [-0.2, 0) is 0 Å². The van der Waals surface area contributed by atoms with Gasteiger partial charge in [0.25, 0.3) is 0 Å². The lowest BCUT2D eigenvalue weighted by atomic mass is 10.3. The maximum Gasteiger partial charge on any atom is 0.147 e. The van der Waals surface area contributed by atoms with Crippen LogP contribution in [0, 0.1) is 35.5 Å². The van der Waals surface area contributed by atoms with Crippen LogP contribution >= 0.6 is 76.1 Å². The summed E-state index contributed by atoms with van der Waals surface area (Å²) in [6, 6.07) is 10.9. The Bertz CT molecular complexity index is 1910. The summed E-state index contributed by atoms with van der Waals surface area (Å²) in [5, 5.41) is 3.32. The molecule has 3 saturated heterocycles. The molecule has 55 heavy (non-hydrogen) atoms. The highest BCUT2D eigenvalue weighted by atomic mass is 79.9. The Morgan fingerprint density at radius 2 is 0.945 bits per heavy atom. The molecule has 0 radical (unpaired) electrons. The molecule has 3 aliphatic carbocycles. The monoisotopic (exact) mass is 1020 g/mol. The van der Waals surface area contributed by atoms with Gasteiger partial charge in [0.05, 0.1) is 42.9 Å². The zero-order chi connectivity index (χ0) is 37.6. The lowest BCUT2D eigenvalue weighted by molar-refractivity contribution is 0.732. The van der Waals surface area contributed by atoms with E-state index in [4.69, 9.17) is 11.5 Å². The van der Waals surface area contributed by atoms with Gasteiger partial charge in [0.2, 0.25) is 0 Å². The first-order valence-corrected chi connectivity index (χ1v) is 21.1. The highest BCUT2D eigenvalue weighted by molar-refractivity contribution is 9.11. The Hall–Kier alpha value is -3.09. The molecule has 3 saturated carbocycles. The third kappa shape index (κ3) is 12.4. The molecule has 13 nitrogen and oxygen atoms in total. The smallest absolute Gasteiger partial charge is 0.147 e. The van der Waals surface area contributed by atoms with Crippen LogP contribution in [0.3, 0.4) is 0 Å². The molecule has 3 aliphatic heterocycles. The average Bonchev–Trinajstić information content (AvgIpc) is 4.13. The zero-order valence-electron chi connectivity index (χ0n) is 29.8. The number of anilines is 4. The Morgan fingerprint density at radius 3 is 1.31 bits per heavy atom. The standard InChI is InChI=1S/C14H15N5.C9H10BrN3.C5H5BrN2.C5H9N.C4H2Br2N2.ClH/c15-13-3-1-2-11(18-13)12-5-17-14(6-16-12)19-7-9-4-10(9)8-19;10-8-2-12-9(3-11-8)13-4-6-1-7(6)5-13;6-4-2-1-3-5(7)8-4;1-4-2-6-3-5(1)4;5-3-1-7-4(6)2-8-3;/h1-3,5-6,9-10H,4,7-8H2,(H2,15,18);2-3,6-7H,1,4-5H2;1-3H,(H2,7,8);4-6H,1-3H2;1-2H;1H. The van der Waals surface area contributed by atoms with Gasteiger partial charge in [-0.3, -0.25) is 0 Å². The molecule has 11 rings (SSSR count). The number of hydrogen-bond donors (Lipinski definition) is 3. The van der Waals surface area contributed by atoms with Gasteiger partial charge >= 0.3 is 0 Å². The number of nitrogens with zero attached hydrogens (tertiary/aromatic N) is 10. The Balaban J connectivity index is 0.000000124. The van der Waals surface area contributed by atoms with Gasteiger partial charge < -0.3 is 26.6 Å². The topological polar surface area (TPSA) is 174 Å². The third-order valence-corrected chi connectivity index (χ3v) is 11.8. The van der Waals surface area contributed by atoms with Crippen molar-refractivity contribution in [3.05, 3.63) is 92.0 Å². The first-order chi connectivity index (χ1) is 26.2. The van der Waals surface area contributed by atoms with Gasteiger partial charge in [-0.1, -0.05) is 12.1 Å². The van der Waals surface area contributed by atoms with Crippen molar-refractivity contribution < 1.29 is 0 Å². The molecule has 5 N–H and O–H groups in total. The summed E-state index contributed by atoms with van der Waals surface area (Å²) < 4.78 is 3.08. The fourth-order valence-electron chi connectivity index (χ4n) is 6.84. The first-order valence-electron chi connectivity index (χ1n) is 17.9. The van der Waals surface area contributed by atoms with E-state index >= 15 is 0 Å². The number of nitrogens with one attached hydrogen (secondary N) is 1. The molecule has 5 aromatic heterocycles. The van der Waals surface area contributed by atoms with Crippen molar-refractivity contribution in [3.8, 4) is 11.4 Å². The highest BCUT2D eigenvalue weighted by Crippen LogP contribution is 2.46. The van der Waals surface area contributed by atoms with Crippen LogP contribution < -0.4 is 26.6 Å². The number of fused-ring (bicyclic) bond motifs is 3. The number of nitrogen functional groups attached to an aromatic ring is 2. The van der Waals surface area contributed by atoms with E-state index in [9.17, 15) is 0 Å². The summed E-state index contributed by atoms with van der Waals surface area (Å²) in [6.45, 7) is 7.25. The lowest BCUT2D eigenvalue weighted by Gasteiger charge is -2.18. The second-order valence-corrected chi connectivity index (χ2v) is 17.4. The molecule has 6 fully saturated rings. The number of piperidine rings is 3. The van der Waals surface area contributed by atoms with E-state index in [2.05, 4.69) is 119 Å². The van der Waals surface area contributed by atoms with Crippen molar-refractivity contribution >= 4 is 99.4 Å². The molecule has 6 aliphatic rings. The summed E-state index contributed by atoms with van der Waals surface area (Å²) in [7, 11) is 0. The van der Waals surface area contributed by atoms with Crippen molar-refractivity contribution in [1.82, 2.24) is 45.2 Å². The van der Waals surface area contributed by atoms with E-state index < -0.39 is 0 Å². The summed E-state index contributed by atoms with van der Waals surface area (Å²) in [6.07, 6.45) is 14.8. The minimum Gasteiger partial charge on any atom is -0.384 e. The van der Waals surface area contributed by atoms with Crippen molar-refractivity contribution in [2.24, 2.45) is 35.5 Å². The van der Waals surface area contributed by atoms with Crippen molar-refractivity contribution in [2.45, 2.75) is 19.3 Å². The number of pyridine rings is 2. The van der Waals surface area contributed by atoms with Gasteiger partial charge in [0.1, 0.15) is 47.4 Å². The van der Waals surface area contributed by atoms with E-state index in [1.165, 1.54) is 45.4 Å². The van der Waals surface area contributed by atoms with Crippen LogP contribution in [0.15, 0.2) is 92.0 Å². The molecule has 6 atom stereocenters. The number of nitrogens with two attached hydrogens (primary N) is 2.